The lowest BCUT2D eigenvalue weighted by molar-refractivity contribution is 0.770. The Bertz CT molecular complexity index is 173. The zero-order valence-electron chi connectivity index (χ0n) is 5.11. The molecule has 0 spiro atoms. The molecule has 1 aromatic rings. The first-order chi connectivity index (χ1) is 3.84. The van der Waals surface area contributed by atoms with Gasteiger partial charge >= 0.3 is 0 Å². The average Bonchev–Trinajstić information content (AvgIpc) is 2.14. The zero-order valence-corrected chi connectivity index (χ0v) is 7.44. The lowest BCUT2D eigenvalue weighted by atomic mass is 10.7. The predicted molar refractivity (Wildman–Crippen MR) is 45.5 cm³/mol. The van der Waals surface area contributed by atoms with Crippen molar-refractivity contribution in [2.75, 3.05) is 5.73 Å². The fourth-order valence-electron chi connectivity index (χ4n) is 0.508. The largest absolute Gasteiger partial charge is 0.368 e. The number of nitrogens with zero attached hydrogens (tertiary/aromatic N) is 3. The Morgan fingerprint density at radius 1 is 1.78 bits per heavy atom. The summed E-state index contributed by atoms with van der Waals surface area (Å²) in [5.74, 6) is 0.479. The van der Waals surface area contributed by atoms with Crippen LogP contribution in [0, 0.1) is 0 Å². The first kappa shape index (κ1) is 8.67. The highest BCUT2D eigenvalue weighted by Crippen LogP contribution is 1.92. The van der Waals surface area contributed by atoms with Gasteiger partial charge in [0.15, 0.2) is 0 Å². The number of aromatic nitrogens is 3. The number of rotatable bonds is 1. The molecule has 0 aromatic carbocycles. The summed E-state index contributed by atoms with van der Waals surface area (Å²) in [6, 6.07) is 0. The summed E-state index contributed by atoms with van der Waals surface area (Å²) in [7, 11) is 0. The SMILES string of the molecule is CCn1cnnc1N.I. The predicted octanol–water partition coefficient (Wildman–Crippen LogP) is 0.498. The van der Waals surface area contributed by atoms with Crippen LogP contribution < -0.4 is 5.73 Å². The zero-order chi connectivity index (χ0) is 5.98. The van der Waals surface area contributed by atoms with E-state index in [0.29, 0.717) is 5.95 Å². The fraction of sp³-hybridized carbons (Fsp3) is 0.500. The normalized spacial score (nSPS) is 8.56. The van der Waals surface area contributed by atoms with Crippen molar-refractivity contribution in [1.29, 1.82) is 0 Å². The molecular weight excluding hydrogens is 231 g/mol. The molecular formula is C4H9IN4. The van der Waals surface area contributed by atoms with Gasteiger partial charge in [-0.2, -0.15) is 0 Å². The Labute approximate surface area is 70.5 Å². The summed E-state index contributed by atoms with van der Waals surface area (Å²) in [6.45, 7) is 2.82. The summed E-state index contributed by atoms with van der Waals surface area (Å²) in [5.41, 5.74) is 5.34. The summed E-state index contributed by atoms with van der Waals surface area (Å²) in [6.07, 6.45) is 1.61. The number of hydrogen-bond donors (Lipinski definition) is 1. The Balaban J connectivity index is 0.000000640. The van der Waals surface area contributed by atoms with E-state index in [1.165, 1.54) is 0 Å². The Kier molecular flexibility index (Phi) is 3.52. The number of nitrogen functional groups attached to an aromatic ring is 1. The van der Waals surface area contributed by atoms with Gasteiger partial charge in [-0.05, 0) is 6.92 Å². The van der Waals surface area contributed by atoms with E-state index in [-0.39, 0.29) is 24.0 Å². The molecule has 0 unspecified atom stereocenters. The summed E-state index contributed by atoms with van der Waals surface area (Å²) >= 11 is 0. The van der Waals surface area contributed by atoms with Gasteiger partial charge in [-0.1, -0.05) is 0 Å². The minimum absolute atomic E-state index is 0. The van der Waals surface area contributed by atoms with Crippen LogP contribution >= 0.6 is 24.0 Å². The second-order valence-corrected chi connectivity index (χ2v) is 1.48. The van der Waals surface area contributed by atoms with Crippen molar-refractivity contribution in [3.63, 3.8) is 0 Å². The molecule has 9 heavy (non-hydrogen) atoms. The van der Waals surface area contributed by atoms with Gasteiger partial charge in [-0.15, -0.1) is 34.2 Å². The highest BCUT2D eigenvalue weighted by Gasteiger charge is 1.91. The summed E-state index contributed by atoms with van der Waals surface area (Å²) < 4.78 is 1.76. The van der Waals surface area contributed by atoms with Crippen LogP contribution in [0.3, 0.4) is 0 Å². The van der Waals surface area contributed by atoms with Crippen molar-refractivity contribution in [2.24, 2.45) is 0 Å². The van der Waals surface area contributed by atoms with E-state index in [1.54, 1.807) is 10.9 Å². The highest BCUT2D eigenvalue weighted by atomic mass is 127. The summed E-state index contributed by atoms with van der Waals surface area (Å²) in [4.78, 5) is 0. The Morgan fingerprint density at radius 3 is 2.67 bits per heavy atom. The molecule has 0 amide bonds. The number of anilines is 1. The van der Waals surface area contributed by atoms with Crippen LogP contribution in [0.1, 0.15) is 6.92 Å². The topological polar surface area (TPSA) is 56.7 Å². The van der Waals surface area contributed by atoms with Gasteiger partial charge in [0.05, 0.1) is 0 Å². The monoisotopic (exact) mass is 240 g/mol. The van der Waals surface area contributed by atoms with E-state index in [9.17, 15) is 0 Å². The molecule has 1 rings (SSSR count). The molecule has 0 bridgehead atoms. The standard InChI is InChI=1S/C4H8N4.HI/c1-2-8-3-6-7-4(8)5;/h3H,2H2,1H3,(H2,5,7);1H. The third-order valence-corrected chi connectivity index (χ3v) is 0.986. The molecule has 5 heteroatoms. The number of nitrogens with two attached hydrogens (primary N) is 1. The van der Waals surface area contributed by atoms with Crippen molar-refractivity contribution in [1.82, 2.24) is 14.8 Å². The molecule has 0 aliphatic carbocycles. The molecule has 0 fully saturated rings. The second kappa shape index (κ2) is 3.65. The van der Waals surface area contributed by atoms with Crippen molar-refractivity contribution < 1.29 is 0 Å². The molecule has 0 saturated heterocycles. The first-order valence-corrected chi connectivity index (χ1v) is 2.48. The second-order valence-electron chi connectivity index (χ2n) is 1.48. The van der Waals surface area contributed by atoms with Gasteiger partial charge in [-0.25, -0.2) is 0 Å². The maximum absolute atomic E-state index is 5.34. The van der Waals surface area contributed by atoms with E-state index in [2.05, 4.69) is 10.2 Å². The minimum Gasteiger partial charge on any atom is -0.368 e. The highest BCUT2D eigenvalue weighted by molar-refractivity contribution is 14.0. The van der Waals surface area contributed by atoms with E-state index < -0.39 is 0 Å². The lowest BCUT2D eigenvalue weighted by Crippen LogP contribution is -1.98. The minimum atomic E-state index is 0. The van der Waals surface area contributed by atoms with E-state index in [1.807, 2.05) is 6.92 Å². The van der Waals surface area contributed by atoms with E-state index >= 15 is 0 Å². The van der Waals surface area contributed by atoms with Gasteiger partial charge in [0.1, 0.15) is 6.33 Å². The molecule has 4 nitrogen and oxygen atoms in total. The Morgan fingerprint density at radius 2 is 2.44 bits per heavy atom. The van der Waals surface area contributed by atoms with Crippen molar-refractivity contribution in [3.8, 4) is 0 Å². The molecule has 0 radical (unpaired) electrons. The van der Waals surface area contributed by atoms with Gasteiger partial charge in [0.25, 0.3) is 0 Å². The quantitative estimate of drug-likeness (QED) is 0.727. The van der Waals surface area contributed by atoms with Gasteiger partial charge < -0.3 is 10.3 Å². The molecule has 0 aliphatic heterocycles. The van der Waals surface area contributed by atoms with Crippen LogP contribution in [0.25, 0.3) is 0 Å². The van der Waals surface area contributed by atoms with Gasteiger partial charge in [0.2, 0.25) is 5.95 Å². The fourth-order valence-corrected chi connectivity index (χ4v) is 0.508. The smallest absolute Gasteiger partial charge is 0.221 e. The van der Waals surface area contributed by atoms with Crippen molar-refractivity contribution >= 4 is 29.9 Å². The molecule has 1 aromatic heterocycles. The van der Waals surface area contributed by atoms with Crippen LogP contribution in [-0.4, -0.2) is 14.8 Å². The van der Waals surface area contributed by atoms with Gasteiger partial charge in [-0.3, -0.25) is 0 Å². The van der Waals surface area contributed by atoms with Gasteiger partial charge in [0, 0.05) is 6.54 Å². The molecule has 2 N–H and O–H groups in total. The van der Waals surface area contributed by atoms with E-state index in [4.69, 9.17) is 5.73 Å². The van der Waals surface area contributed by atoms with Crippen LogP contribution in [0.4, 0.5) is 5.95 Å². The van der Waals surface area contributed by atoms with Crippen LogP contribution in [-0.2, 0) is 6.54 Å². The van der Waals surface area contributed by atoms with Crippen molar-refractivity contribution in [2.45, 2.75) is 13.5 Å². The first-order valence-electron chi connectivity index (χ1n) is 2.48. The third-order valence-electron chi connectivity index (χ3n) is 0.986. The summed E-state index contributed by atoms with van der Waals surface area (Å²) in [5, 5.41) is 7.16. The lowest BCUT2D eigenvalue weighted by Gasteiger charge is -1.92. The number of halogens is 1. The number of hydrogen-bond acceptors (Lipinski definition) is 3. The molecule has 0 atom stereocenters. The average molecular weight is 240 g/mol. The van der Waals surface area contributed by atoms with Crippen LogP contribution in [0.15, 0.2) is 6.33 Å². The molecule has 1 heterocycles. The van der Waals surface area contributed by atoms with Crippen molar-refractivity contribution in [3.05, 3.63) is 6.33 Å². The van der Waals surface area contributed by atoms with Crippen LogP contribution in [0.5, 0.6) is 0 Å². The van der Waals surface area contributed by atoms with Crippen LogP contribution in [0.2, 0.25) is 0 Å². The Hall–Kier alpha value is -0.330. The third kappa shape index (κ3) is 1.81. The molecule has 0 aliphatic rings. The van der Waals surface area contributed by atoms with E-state index in [0.717, 1.165) is 6.54 Å². The maximum Gasteiger partial charge on any atom is 0.221 e. The molecule has 0 saturated carbocycles. The maximum atomic E-state index is 5.34. The number of aryl methyl sites for hydroxylation is 1. The molecule has 52 valence electrons.